The zero-order chi connectivity index (χ0) is 16.1. The quantitative estimate of drug-likeness (QED) is 0.328. The molecule has 0 bridgehead atoms. The molecule has 1 N–H and O–H groups in total. The smallest absolute Gasteiger partial charge is 0.334 e. The summed E-state index contributed by atoms with van der Waals surface area (Å²) in [5.41, 5.74) is 0.423. The van der Waals surface area contributed by atoms with E-state index in [9.17, 15) is 9.59 Å². The van der Waals surface area contributed by atoms with E-state index in [1.54, 1.807) is 6.92 Å². The van der Waals surface area contributed by atoms with Crippen LogP contribution in [0.1, 0.15) is 78.6 Å². The third-order valence-electron chi connectivity index (χ3n) is 3.53. The van der Waals surface area contributed by atoms with Crippen molar-refractivity contribution in [3.63, 3.8) is 0 Å². The van der Waals surface area contributed by atoms with Gasteiger partial charge in [0.15, 0.2) is 0 Å². The SMILES string of the molecule is CCCCCCCCOC(=O)C(C)=C(CCCC)C(=O)O. The van der Waals surface area contributed by atoms with Crippen LogP contribution in [-0.2, 0) is 14.3 Å². The summed E-state index contributed by atoms with van der Waals surface area (Å²) in [4.78, 5) is 23.0. The van der Waals surface area contributed by atoms with Gasteiger partial charge in [0.1, 0.15) is 0 Å². The van der Waals surface area contributed by atoms with Gasteiger partial charge in [-0.1, -0.05) is 52.4 Å². The van der Waals surface area contributed by atoms with Crippen LogP contribution in [0.4, 0.5) is 0 Å². The number of carbonyl (C=O) groups is 2. The second-order valence-corrected chi connectivity index (χ2v) is 5.42. The number of unbranched alkanes of at least 4 members (excludes halogenated alkanes) is 6. The fourth-order valence-corrected chi connectivity index (χ4v) is 2.09. The van der Waals surface area contributed by atoms with Crippen molar-refractivity contribution in [3.05, 3.63) is 11.1 Å². The Bertz CT molecular complexity index is 345. The molecule has 122 valence electrons. The Labute approximate surface area is 128 Å². The lowest BCUT2D eigenvalue weighted by molar-refractivity contribution is -0.140. The number of hydrogen-bond acceptors (Lipinski definition) is 3. The normalized spacial score (nSPS) is 12.0. The molecule has 0 aromatic heterocycles. The highest BCUT2D eigenvalue weighted by molar-refractivity contribution is 5.99. The van der Waals surface area contributed by atoms with E-state index in [0.717, 1.165) is 32.1 Å². The summed E-state index contributed by atoms with van der Waals surface area (Å²) < 4.78 is 5.16. The molecule has 0 heterocycles. The number of ether oxygens (including phenoxy) is 1. The number of carbonyl (C=O) groups excluding carboxylic acids is 1. The number of aliphatic carboxylic acids is 1. The Hall–Kier alpha value is -1.32. The third-order valence-corrected chi connectivity index (χ3v) is 3.53. The van der Waals surface area contributed by atoms with Gasteiger partial charge in [-0.15, -0.1) is 0 Å². The van der Waals surface area contributed by atoms with Gasteiger partial charge in [0, 0.05) is 11.1 Å². The van der Waals surface area contributed by atoms with Gasteiger partial charge in [-0.05, 0) is 26.2 Å². The molecule has 0 aliphatic heterocycles. The molecule has 0 rings (SSSR count). The first-order valence-electron chi connectivity index (χ1n) is 8.14. The summed E-state index contributed by atoms with van der Waals surface area (Å²) in [6.07, 6.45) is 8.85. The van der Waals surface area contributed by atoms with Crippen LogP contribution in [0.15, 0.2) is 11.1 Å². The minimum Gasteiger partial charge on any atom is -0.478 e. The largest absolute Gasteiger partial charge is 0.478 e. The molecule has 0 atom stereocenters. The van der Waals surface area contributed by atoms with Gasteiger partial charge in [-0.2, -0.15) is 0 Å². The zero-order valence-corrected chi connectivity index (χ0v) is 13.7. The molecule has 0 aromatic carbocycles. The Balaban J connectivity index is 4.14. The Morgan fingerprint density at radius 3 is 2.05 bits per heavy atom. The molecular weight excluding hydrogens is 268 g/mol. The number of hydrogen-bond donors (Lipinski definition) is 1. The monoisotopic (exact) mass is 298 g/mol. The summed E-state index contributed by atoms with van der Waals surface area (Å²) in [5, 5.41) is 9.15. The predicted molar refractivity (Wildman–Crippen MR) is 84.2 cm³/mol. The molecule has 0 aromatic rings. The number of rotatable bonds is 12. The van der Waals surface area contributed by atoms with E-state index in [-0.39, 0.29) is 11.1 Å². The summed E-state index contributed by atoms with van der Waals surface area (Å²) >= 11 is 0. The van der Waals surface area contributed by atoms with Crippen molar-refractivity contribution >= 4 is 11.9 Å². The zero-order valence-electron chi connectivity index (χ0n) is 13.7. The number of esters is 1. The van der Waals surface area contributed by atoms with Crippen molar-refractivity contribution in [3.8, 4) is 0 Å². The van der Waals surface area contributed by atoms with Gasteiger partial charge in [0.2, 0.25) is 0 Å². The first-order chi connectivity index (χ1) is 10.0. The predicted octanol–water partition coefficient (Wildman–Crippen LogP) is 4.48. The van der Waals surface area contributed by atoms with E-state index >= 15 is 0 Å². The molecular formula is C17H30O4. The van der Waals surface area contributed by atoms with Gasteiger partial charge in [-0.3, -0.25) is 0 Å². The highest BCUT2D eigenvalue weighted by Crippen LogP contribution is 2.15. The van der Waals surface area contributed by atoms with Crippen LogP contribution < -0.4 is 0 Å². The van der Waals surface area contributed by atoms with Crippen LogP contribution in [0.25, 0.3) is 0 Å². The lowest BCUT2D eigenvalue weighted by Gasteiger charge is -2.08. The Morgan fingerprint density at radius 2 is 1.48 bits per heavy atom. The van der Waals surface area contributed by atoms with Gasteiger partial charge in [0.05, 0.1) is 6.61 Å². The summed E-state index contributed by atoms with van der Waals surface area (Å²) in [6, 6.07) is 0. The van der Waals surface area contributed by atoms with E-state index in [1.807, 2.05) is 6.92 Å². The van der Waals surface area contributed by atoms with Gasteiger partial charge >= 0.3 is 11.9 Å². The molecule has 0 unspecified atom stereocenters. The van der Waals surface area contributed by atoms with E-state index < -0.39 is 11.9 Å². The lowest BCUT2D eigenvalue weighted by atomic mass is 10.0. The Kier molecular flexibility index (Phi) is 11.6. The van der Waals surface area contributed by atoms with Crippen LogP contribution in [0, 0.1) is 0 Å². The average molecular weight is 298 g/mol. The number of carboxylic acid groups (broad SMARTS) is 1. The van der Waals surface area contributed by atoms with E-state index in [1.165, 1.54) is 19.3 Å². The molecule has 21 heavy (non-hydrogen) atoms. The van der Waals surface area contributed by atoms with Crippen molar-refractivity contribution < 1.29 is 19.4 Å². The minimum absolute atomic E-state index is 0.185. The first kappa shape index (κ1) is 19.7. The van der Waals surface area contributed by atoms with Gasteiger partial charge in [0.25, 0.3) is 0 Å². The third kappa shape index (κ3) is 9.27. The fourth-order valence-electron chi connectivity index (χ4n) is 2.09. The van der Waals surface area contributed by atoms with E-state index in [0.29, 0.717) is 13.0 Å². The van der Waals surface area contributed by atoms with Crippen molar-refractivity contribution in [1.82, 2.24) is 0 Å². The maximum Gasteiger partial charge on any atom is 0.334 e. The second-order valence-electron chi connectivity index (χ2n) is 5.42. The summed E-state index contributed by atoms with van der Waals surface area (Å²) in [6.45, 7) is 6.09. The van der Waals surface area contributed by atoms with Crippen LogP contribution in [0.5, 0.6) is 0 Å². The summed E-state index contributed by atoms with van der Waals surface area (Å²) in [7, 11) is 0. The van der Waals surface area contributed by atoms with Crippen molar-refractivity contribution in [2.45, 2.75) is 78.6 Å². The average Bonchev–Trinajstić information content (AvgIpc) is 2.45. The van der Waals surface area contributed by atoms with E-state index in [2.05, 4.69) is 6.92 Å². The van der Waals surface area contributed by atoms with Crippen molar-refractivity contribution in [1.29, 1.82) is 0 Å². The molecule has 0 radical (unpaired) electrons. The van der Waals surface area contributed by atoms with Crippen molar-refractivity contribution in [2.75, 3.05) is 6.61 Å². The minimum atomic E-state index is -1.02. The molecule has 0 aliphatic carbocycles. The van der Waals surface area contributed by atoms with Crippen LogP contribution in [0.2, 0.25) is 0 Å². The van der Waals surface area contributed by atoms with E-state index in [4.69, 9.17) is 9.84 Å². The van der Waals surface area contributed by atoms with Crippen LogP contribution in [-0.4, -0.2) is 23.7 Å². The Morgan fingerprint density at radius 1 is 0.905 bits per heavy atom. The molecule has 4 nitrogen and oxygen atoms in total. The lowest BCUT2D eigenvalue weighted by Crippen LogP contribution is -2.13. The van der Waals surface area contributed by atoms with Crippen molar-refractivity contribution in [2.24, 2.45) is 0 Å². The maximum atomic E-state index is 11.8. The maximum absolute atomic E-state index is 11.8. The van der Waals surface area contributed by atoms with Gasteiger partial charge < -0.3 is 9.84 Å². The topological polar surface area (TPSA) is 63.6 Å². The molecule has 0 saturated heterocycles. The highest BCUT2D eigenvalue weighted by atomic mass is 16.5. The molecule has 0 aliphatic rings. The van der Waals surface area contributed by atoms with Crippen LogP contribution >= 0.6 is 0 Å². The number of carboxylic acids is 1. The highest BCUT2D eigenvalue weighted by Gasteiger charge is 2.17. The summed E-state index contributed by atoms with van der Waals surface area (Å²) in [5.74, 6) is -1.51. The molecule has 0 saturated carbocycles. The first-order valence-corrected chi connectivity index (χ1v) is 8.14. The fraction of sp³-hybridized carbons (Fsp3) is 0.765. The molecule has 0 fully saturated rings. The molecule has 0 spiro atoms. The standard InChI is InChI=1S/C17H30O4/c1-4-6-8-9-10-11-13-21-17(20)14(3)15(16(18)19)12-7-5-2/h4-13H2,1-3H3,(H,18,19). The molecule has 0 amide bonds. The van der Waals surface area contributed by atoms with Crippen LogP contribution in [0.3, 0.4) is 0 Å². The molecule has 4 heteroatoms. The second kappa shape index (κ2) is 12.4. The van der Waals surface area contributed by atoms with Gasteiger partial charge in [-0.25, -0.2) is 9.59 Å².